The SMILES string of the molecule is COC(=O)c1cc(N(C)Cc2ccc(C)o2)cc(C)c1[N+](=O)[O-]. The van der Waals surface area contributed by atoms with Crippen LogP contribution in [0.2, 0.25) is 0 Å². The highest BCUT2D eigenvalue weighted by atomic mass is 16.6. The summed E-state index contributed by atoms with van der Waals surface area (Å²) >= 11 is 0. The van der Waals surface area contributed by atoms with E-state index in [1.807, 2.05) is 31.0 Å². The number of anilines is 1. The number of hydrogen-bond donors (Lipinski definition) is 0. The number of nitrogens with zero attached hydrogens (tertiary/aromatic N) is 2. The van der Waals surface area contributed by atoms with E-state index >= 15 is 0 Å². The summed E-state index contributed by atoms with van der Waals surface area (Å²) in [7, 11) is 3.02. The maximum absolute atomic E-state index is 11.9. The molecular weight excluding hydrogens is 300 g/mol. The van der Waals surface area contributed by atoms with Gasteiger partial charge in [0, 0.05) is 18.3 Å². The van der Waals surface area contributed by atoms with Crippen LogP contribution in [0.15, 0.2) is 28.7 Å². The molecule has 1 aromatic carbocycles. The molecule has 2 aromatic rings. The Morgan fingerprint density at radius 2 is 2.04 bits per heavy atom. The van der Waals surface area contributed by atoms with Gasteiger partial charge in [0.05, 0.1) is 18.6 Å². The molecule has 0 atom stereocenters. The van der Waals surface area contributed by atoms with Gasteiger partial charge in [0.25, 0.3) is 5.69 Å². The predicted octanol–water partition coefficient (Wildman–Crippen LogP) is 3.23. The zero-order valence-electron chi connectivity index (χ0n) is 13.5. The maximum Gasteiger partial charge on any atom is 0.344 e. The molecule has 0 saturated heterocycles. The number of rotatable bonds is 5. The summed E-state index contributed by atoms with van der Waals surface area (Å²) in [4.78, 5) is 24.4. The van der Waals surface area contributed by atoms with E-state index < -0.39 is 10.9 Å². The first-order chi connectivity index (χ1) is 10.8. The number of ether oxygens (including phenoxy) is 1. The number of carbonyl (C=O) groups excluding carboxylic acids is 1. The molecule has 0 spiro atoms. The zero-order valence-corrected chi connectivity index (χ0v) is 13.5. The van der Waals surface area contributed by atoms with E-state index in [1.165, 1.54) is 13.2 Å². The predicted molar refractivity (Wildman–Crippen MR) is 84.7 cm³/mol. The number of furan rings is 1. The topological polar surface area (TPSA) is 85.8 Å². The highest BCUT2D eigenvalue weighted by molar-refractivity contribution is 5.95. The second-order valence-corrected chi connectivity index (χ2v) is 5.28. The maximum atomic E-state index is 11.9. The molecule has 122 valence electrons. The van der Waals surface area contributed by atoms with Crippen molar-refractivity contribution in [2.75, 3.05) is 19.1 Å². The van der Waals surface area contributed by atoms with Crippen LogP contribution in [-0.4, -0.2) is 25.1 Å². The van der Waals surface area contributed by atoms with Crippen LogP contribution in [0.4, 0.5) is 11.4 Å². The van der Waals surface area contributed by atoms with Gasteiger partial charge in [-0.05, 0) is 38.1 Å². The molecule has 2 rings (SSSR count). The Balaban J connectivity index is 2.41. The summed E-state index contributed by atoms with van der Waals surface area (Å²) in [5, 5.41) is 11.2. The van der Waals surface area contributed by atoms with Crippen molar-refractivity contribution in [2.24, 2.45) is 0 Å². The molecule has 0 aliphatic heterocycles. The first kappa shape index (κ1) is 16.5. The molecule has 0 aliphatic carbocycles. The third kappa shape index (κ3) is 3.50. The van der Waals surface area contributed by atoms with Crippen LogP contribution in [0.5, 0.6) is 0 Å². The van der Waals surface area contributed by atoms with Crippen molar-refractivity contribution in [3.8, 4) is 0 Å². The fourth-order valence-corrected chi connectivity index (χ4v) is 2.38. The summed E-state index contributed by atoms with van der Waals surface area (Å²) in [6.45, 7) is 3.93. The third-order valence-corrected chi connectivity index (χ3v) is 3.50. The van der Waals surface area contributed by atoms with E-state index in [2.05, 4.69) is 4.74 Å². The molecule has 0 fully saturated rings. The average Bonchev–Trinajstić information content (AvgIpc) is 2.90. The molecule has 0 unspecified atom stereocenters. The lowest BCUT2D eigenvalue weighted by Crippen LogP contribution is -2.17. The lowest BCUT2D eigenvalue weighted by atomic mass is 10.1. The molecule has 0 bridgehead atoms. The summed E-state index contributed by atoms with van der Waals surface area (Å²) in [6.07, 6.45) is 0. The Bertz CT molecular complexity index is 751. The minimum Gasteiger partial charge on any atom is -0.465 e. The van der Waals surface area contributed by atoms with Crippen LogP contribution in [0.1, 0.15) is 27.4 Å². The second-order valence-electron chi connectivity index (χ2n) is 5.28. The van der Waals surface area contributed by atoms with E-state index in [-0.39, 0.29) is 11.3 Å². The van der Waals surface area contributed by atoms with Gasteiger partial charge in [0.2, 0.25) is 0 Å². The first-order valence-electron chi connectivity index (χ1n) is 6.97. The Morgan fingerprint density at radius 1 is 1.35 bits per heavy atom. The number of hydrogen-bond acceptors (Lipinski definition) is 6. The van der Waals surface area contributed by atoms with Gasteiger partial charge in [-0.2, -0.15) is 0 Å². The molecule has 1 heterocycles. The summed E-state index contributed by atoms with van der Waals surface area (Å²) in [5.74, 6) is 0.841. The zero-order chi connectivity index (χ0) is 17.1. The van der Waals surface area contributed by atoms with E-state index in [0.29, 0.717) is 17.8 Å². The Hall–Kier alpha value is -2.83. The fraction of sp³-hybridized carbons (Fsp3) is 0.312. The Labute approximate surface area is 133 Å². The monoisotopic (exact) mass is 318 g/mol. The number of aryl methyl sites for hydroxylation is 2. The normalized spacial score (nSPS) is 10.4. The molecule has 0 radical (unpaired) electrons. The minimum atomic E-state index is -0.733. The lowest BCUT2D eigenvalue weighted by Gasteiger charge is -2.19. The van der Waals surface area contributed by atoms with Gasteiger partial charge < -0.3 is 14.1 Å². The molecule has 0 aliphatic rings. The third-order valence-electron chi connectivity index (χ3n) is 3.50. The van der Waals surface area contributed by atoms with E-state index in [9.17, 15) is 14.9 Å². The van der Waals surface area contributed by atoms with Crippen LogP contribution in [0.3, 0.4) is 0 Å². The number of carbonyl (C=O) groups is 1. The molecule has 0 saturated carbocycles. The smallest absolute Gasteiger partial charge is 0.344 e. The summed E-state index contributed by atoms with van der Waals surface area (Å²) < 4.78 is 10.2. The van der Waals surface area contributed by atoms with E-state index in [1.54, 1.807) is 13.0 Å². The van der Waals surface area contributed by atoms with Gasteiger partial charge in [-0.15, -0.1) is 0 Å². The number of methoxy groups -OCH3 is 1. The number of benzene rings is 1. The molecule has 23 heavy (non-hydrogen) atoms. The lowest BCUT2D eigenvalue weighted by molar-refractivity contribution is -0.385. The number of nitro benzene ring substituents is 1. The van der Waals surface area contributed by atoms with Crippen molar-refractivity contribution in [1.29, 1.82) is 0 Å². The summed E-state index contributed by atoms with van der Waals surface area (Å²) in [6, 6.07) is 6.86. The van der Waals surface area contributed by atoms with Crippen molar-refractivity contribution in [1.82, 2.24) is 0 Å². The van der Waals surface area contributed by atoms with E-state index in [0.717, 1.165) is 11.5 Å². The van der Waals surface area contributed by atoms with Gasteiger partial charge >= 0.3 is 5.97 Å². The first-order valence-corrected chi connectivity index (χ1v) is 6.97. The van der Waals surface area contributed by atoms with Crippen LogP contribution < -0.4 is 4.90 Å². The largest absolute Gasteiger partial charge is 0.465 e. The standard InChI is InChI=1S/C16H18N2O5/c1-10-7-12(17(3)9-13-6-5-11(2)23-13)8-14(16(19)22-4)15(10)18(20)21/h5-8H,9H2,1-4H3. The van der Waals surface area contributed by atoms with Gasteiger partial charge in [0.1, 0.15) is 17.1 Å². The van der Waals surface area contributed by atoms with Crippen molar-refractivity contribution in [2.45, 2.75) is 20.4 Å². The highest BCUT2D eigenvalue weighted by Crippen LogP contribution is 2.30. The molecule has 1 aromatic heterocycles. The second kappa shape index (κ2) is 6.51. The number of nitro groups is 1. The van der Waals surface area contributed by atoms with Crippen LogP contribution in [0, 0.1) is 24.0 Å². The van der Waals surface area contributed by atoms with Crippen molar-refractivity contribution < 1.29 is 18.9 Å². The van der Waals surface area contributed by atoms with E-state index in [4.69, 9.17) is 4.42 Å². The molecule has 7 nitrogen and oxygen atoms in total. The highest BCUT2D eigenvalue weighted by Gasteiger charge is 2.25. The molecule has 0 amide bonds. The van der Waals surface area contributed by atoms with Gasteiger partial charge in [-0.3, -0.25) is 10.1 Å². The van der Waals surface area contributed by atoms with Crippen LogP contribution >= 0.6 is 0 Å². The summed E-state index contributed by atoms with van der Waals surface area (Å²) in [5.41, 5.74) is 0.774. The van der Waals surface area contributed by atoms with Crippen LogP contribution in [-0.2, 0) is 11.3 Å². The molecular formula is C16H18N2O5. The van der Waals surface area contributed by atoms with Crippen molar-refractivity contribution >= 4 is 17.3 Å². The molecule has 0 N–H and O–H groups in total. The van der Waals surface area contributed by atoms with Crippen molar-refractivity contribution in [3.05, 3.63) is 57.0 Å². The van der Waals surface area contributed by atoms with Gasteiger partial charge in [-0.25, -0.2) is 4.79 Å². The van der Waals surface area contributed by atoms with Crippen LogP contribution in [0.25, 0.3) is 0 Å². The quantitative estimate of drug-likeness (QED) is 0.478. The average molecular weight is 318 g/mol. The van der Waals surface area contributed by atoms with Gasteiger partial charge in [-0.1, -0.05) is 0 Å². The number of esters is 1. The minimum absolute atomic E-state index is 0.0602. The van der Waals surface area contributed by atoms with Crippen molar-refractivity contribution in [3.63, 3.8) is 0 Å². The van der Waals surface area contributed by atoms with Gasteiger partial charge in [0.15, 0.2) is 0 Å². The molecule has 7 heteroatoms. The fourth-order valence-electron chi connectivity index (χ4n) is 2.38. The Morgan fingerprint density at radius 3 is 2.57 bits per heavy atom. The Kier molecular flexibility index (Phi) is 4.68.